The molecule has 11 nitrogen and oxygen atoms in total. The van der Waals surface area contributed by atoms with Gasteiger partial charge in [0, 0.05) is 23.2 Å². The second-order valence-electron chi connectivity index (χ2n) is 12.9. The van der Waals surface area contributed by atoms with E-state index in [-0.39, 0.29) is 46.3 Å². The normalized spacial score (nSPS) is 22.7. The molecule has 2 aromatic carbocycles. The van der Waals surface area contributed by atoms with Gasteiger partial charge >= 0.3 is 0 Å². The van der Waals surface area contributed by atoms with E-state index < -0.39 is 47.9 Å². The molecule has 0 radical (unpaired) electrons. The summed E-state index contributed by atoms with van der Waals surface area (Å²) < 4.78 is 102. The van der Waals surface area contributed by atoms with Crippen LogP contribution in [-0.2, 0) is 24.6 Å². The molecule has 252 valence electrons. The molecule has 4 fully saturated rings. The van der Waals surface area contributed by atoms with E-state index in [2.05, 4.69) is 15.2 Å². The summed E-state index contributed by atoms with van der Waals surface area (Å²) in [6.07, 6.45) is 4.79. The molecule has 2 N–H and O–H groups in total. The third-order valence-electron chi connectivity index (χ3n) is 9.40. The smallest absolute Gasteiger partial charge is 0.267 e. The van der Waals surface area contributed by atoms with Crippen molar-refractivity contribution in [2.24, 2.45) is 5.41 Å². The highest BCUT2D eigenvalue weighted by atomic mass is 32.2. The largest absolute Gasteiger partial charge is 0.377 e. The van der Waals surface area contributed by atoms with Gasteiger partial charge in [0.25, 0.3) is 10.0 Å². The molecule has 2 unspecified atom stereocenters. The minimum absolute atomic E-state index is 0.0117. The molecule has 1 aliphatic carbocycles. The summed E-state index contributed by atoms with van der Waals surface area (Å²) in [7, 11) is -7.79. The van der Waals surface area contributed by atoms with Crippen LogP contribution in [0.5, 0.6) is 0 Å². The number of hydrogen-bond acceptors (Lipinski definition) is 11. The fourth-order valence-electron chi connectivity index (χ4n) is 7.40. The number of nitrogens with one attached hydrogen (secondary N) is 2. The Bertz CT molecular complexity index is 2110. The molecule has 4 aromatic rings. The Morgan fingerprint density at radius 2 is 1.65 bits per heavy atom. The molecule has 3 saturated heterocycles. The third-order valence-corrected chi connectivity index (χ3v) is 14.0. The highest BCUT2D eigenvalue weighted by molar-refractivity contribution is 7.93. The quantitative estimate of drug-likeness (QED) is 0.260. The van der Waals surface area contributed by atoms with Crippen molar-refractivity contribution in [1.82, 2.24) is 15.0 Å². The maximum atomic E-state index is 16.3. The van der Waals surface area contributed by atoms with Crippen LogP contribution in [-0.4, -0.2) is 74.6 Å². The van der Waals surface area contributed by atoms with Crippen molar-refractivity contribution in [3.8, 4) is 21.8 Å². The van der Waals surface area contributed by atoms with Crippen LogP contribution >= 0.6 is 11.3 Å². The highest BCUT2D eigenvalue weighted by Gasteiger charge is 2.56. The molecule has 1 saturated carbocycles. The van der Waals surface area contributed by atoms with Crippen molar-refractivity contribution in [3.05, 3.63) is 66.1 Å². The van der Waals surface area contributed by atoms with E-state index in [0.717, 1.165) is 37.1 Å². The number of hydrogen-bond donors (Lipinski definition) is 2. The molecular formula is C31H29F3N6O5S3. The molecular weight excluding hydrogens is 690 g/mol. The number of halogens is 3. The van der Waals surface area contributed by atoms with Crippen LogP contribution in [0.15, 0.2) is 53.6 Å². The van der Waals surface area contributed by atoms with Gasteiger partial charge in [-0.3, -0.25) is 4.72 Å². The molecule has 2 aromatic heterocycles. The van der Waals surface area contributed by atoms with E-state index in [4.69, 9.17) is 14.7 Å². The molecule has 2 bridgehead atoms. The number of benzene rings is 2. The lowest BCUT2D eigenvalue weighted by molar-refractivity contribution is 0.0906. The first kappa shape index (κ1) is 31.5. The Hall–Kier alpha value is -3.80. The van der Waals surface area contributed by atoms with Gasteiger partial charge < -0.3 is 15.0 Å². The molecule has 8 rings (SSSR count). The number of aromatic nitrogens is 3. The van der Waals surface area contributed by atoms with Crippen molar-refractivity contribution < 1.29 is 34.7 Å². The van der Waals surface area contributed by atoms with E-state index in [1.165, 1.54) is 23.5 Å². The van der Waals surface area contributed by atoms with E-state index in [1.54, 1.807) is 12.3 Å². The average molecular weight is 719 g/mol. The van der Waals surface area contributed by atoms with Gasteiger partial charge in [0.1, 0.15) is 11.6 Å². The van der Waals surface area contributed by atoms with Gasteiger partial charge in [-0.15, -0.1) is 0 Å². The highest BCUT2D eigenvalue weighted by Crippen LogP contribution is 2.51. The molecule has 48 heavy (non-hydrogen) atoms. The first-order valence-electron chi connectivity index (χ1n) is 15.3. The molecule has 3 aliphatic heterocycles. The lowest BCUT2D eigenvalue weighted by atomic mass is 9.67. The van der Waals surface area contributed by atoms with Gasteiger partial charge in [0.2, 0.25) is 5.95 Å². The zero-order chi connectivity index (χ0) is 33.4. The second-order valence-corrected chi connectivity index (χ2v) is 17.5. The fraction of sp³-hybridized carbons (Fsp3) is 0.387. The van der Waals surface area contributed by atoms with Crippen molar-refractivity contribution in [2.45, 2.75) is 48.7 Å². The number of sulfone groups is 1. The first-order valence-corrected chi connectivity index (χ1v) is 19.5. The van der Waals surface area contributed by atoms with Gasteiger partial charge in [-0.25, -0.2) is 45.0 Å². The Morgan fingerprint density at radius 3 is 2.33 bits per heavy atom. The monoisotopic (exact) mass is 718 g/mol. The summed E-state index contributed by atoms with van der Waals surface area (Å²) in [5.41, 5.74) is -0.0611. The van der Waals surface area contributed by atoms with Crippen molar-refractivity contribution >= 4 is 48.0 Å². The molecule has 4 aliphatic rings. The van der Waals surface area contributed by atoms with Gasteiger partial charge in [-0.2, -0.15) is 0 Å². The SMILES string of the molecule is O=S1(=O)CC2(CC(Nc3nccc(-c4sc(N5C6CCC5COC6)nc4-c4cccc(NS(=O)(=O)c5c(F)cccc5F)c4F)n3)C2)C1. The molecule has 17 heteroatoms. The van der Waals surface area contributed by atoms with Gasteiger partial charge in [-0.1, -0.05) is 23.5 Å². The number of thiazole rings is 1. The molecule has 2 atom stereocenters. The number of sulfonamides is 1. The Balaban J connectivity index is 1.15. The van der Waals surface area contributed by atoms with Crippen LogP contribution in [0.1, 0.15) is 25.7 Å². The lowest BCUT2D eigenvalue weighted by Gasteiger charge is -2.53. The summed E-state index contributed by atoms with van der Waals surface area (Å²) in [5.74, 6) is -2.88. The number of anilines is 3. The van der Waals surface area contributed by atoms with E-state index in [1.807, 2.05) is 4.72 Å². The summed E-state index contributed by atoms with van der Waals surface area (Å²) in [6.45, 7) is 1.06. The van der Waals surface area contributed by atoms with Crippen molar-refractivity contribution in [2.75, 3.05) is 39.7 Å². The summed E-state index contributed by atoms with van der Waals surface area (Å²) in [5, 5.41) is 3.93. The fourth-order valence-corrected chi connectivity index (χ4v) is 12.0. The van der Waals surface area contributed by atoms with Crippen LogP contribution in [0.4, 0.5) is 29.9 Å². The maximum absolute atomic E-state index is 16.3. The third kappa shape index (κ3) is 5.49. The van der Waals surface area contributed by atoms with Crippen LogP contribution in [0.2, 0.25) is 0 Å². The standard InChI is InChI=1S/C31H29F3N6O5S3/c32-21-4-2-5-22(33)28(21)48(43,44)39-23-6-1-3-20(25(23)34)26-27(46-30(38-26)40-18-7-8-19(40)14-45-13-18)24-9-10-35-29(37-24)36-17-11-31(12-17)15-47(41,42)16-31/h1-6,9-10,17-19,39H,7-8,11-16H2,(H,35,36,37). The van der Waals surface area contributed by atoms with Gasteiger partial charge in [0.15, 0.2) is 25.7 Å². The minimum Gasteiger partial charge on any atom is -0.377 e. The van der Waals surface area contributed by atoms with E-state index in [0.29, 0.717) is 47.7 Å². The molecule has 1 spiro atoms. The van der Waals surface area contributed by atoms with Gasteiger partial charge in [0.05, 0.1) is 58.8 Å². The number of fused-ring (bicyclic) bond motifs is 2. The lowest BCUT2D eigenvalue weighted by Crippen LogP contribution is -2.60. The average Bonchev–Trinajstić information content (AvgIpc) is 3.53. The van der Waals surface area contributed by atoms with Crippen molar-refractivity contribution in [1.29, 1.82) is 0 Å². The number of morpholine rings is 1. The zero-order valence-corrected chi connectivity index (χ0v) is 27.6. The van der Waals surface area contributed by atoms with E-state index in [9.17, 15) is 25.6 Å². The molecule has 0 amide bonds. The maximum Gasteiger partial charge on any atom is 0.267 e. The van der Waals surface area contributed by atoms with Crippen LogP contribution < -0.4 is 14.9 Å². The predicted molar refractivity (Wildman–Crippen MR) is 174 cm³/mol. The zero-order valence-electron chi connectivity index (χ0n) is 25.2. The Morgan fingerprint density at radius 1 is 0.958 bits per heavy atom. The van der Waals surface area contributed by atoms with Crippen LogP contribution in [0.3, 0.4) is 0 Å². The first-order chi connectivity index (χ1) is 22.9. The molecule has 5 heterocycles. The van der Waals surface area contributed by atoms with E-state index >= 15 is 4.39 Å². The summed E-state index contributed by atoms with van der Waals surface area (Å²) in [4.78, 5) is 15.5. The Kier molecular flexibility index (Phi) is 7.46. The van der Waals surface area contributed by atoms with Crippen LogP contribution in [0, 0.1) is 22.9 Å². The number of rotatable bonds is 8. The summed E-state index contributed by atoms with van der Waals surface area (Å²) >= 11 is 1.32. The Labute approximate surface area is 278 Å². The minimum atomic E-state index is -4.85. The van der Waals surface area contributed by atoms with Gasteiger partial charge in [-0.05, 0) is 56.0 Å². The van der Waals surface area contributed by atoms with Crippen molar-refractivity contribution in [3.63, 3.8) is 0 Å². The number of ether oxygens (including phenoxy) is 1. The number of nitrogens with zero attached hydrogens (tertiary/aromatic N) is 4. The summed E-state index contributed by atoms with van der Waals surface area (Å²) in [6, 6.07) is 8.56. The second kappa shape index (κ2) is 11.4. The van der Waals surface area contributed by atoms with Crippen LogP contribution in [0.25, 0.3) is 21.8 Å². The topological polar surface area (TPSA) is 143 Å². The predicted octanol–water partition coefficient (Wildman–Crippen LogP) is 4.84.